The molecule has 0 aromatic carbocycles. The number of aliphatic hydroxyl groups is 23. The number of aliphatic hydroxyl groups excluding tert-OH is 23. The lowest BCUT2D eigenvalue weighted by molar-refractivity contribution is -0.391. The highest BCUT2D eigenvalue weighted by Crippen LogP contribution is 2.39. The molecule has 25 N–H and O–H groups in total. The van der Waals surface area contributed by atoms with E-state index in [4.69, 9.17) is 66.3 Å². The number of rotatable bonds is 26. The minimum Gasteiger partial charge on any atom is -0.394 e. The Morgan fingerprint density at radius 1 is 0.366 bits per heavy atom. The maximum Gasteiger partial charge on any atom is 0.217 e. The fraction of sp³-hybridized carbons (Fsp3) is 0.962. The second-order valence-electron chi connectivity index (χ2n) is 23.6. The van der Waals surface area contributed by atoms with Crippen molar-refractivity contribution in [2.24, 2.45) is 0 Å². The maximum atomic E-state index is 13.3. The summed E-state index contributed by atoms with van der Waals surface area (Å²) in [4.78, 5) is 26.5. The lowest BCUT2D eigenvalue weighted by atomic mass is 9.93. The van der Waals surface area contributed by atoms with Crippen LogP contribution in [0, 0.1) is 0 Å². The van der Waals surface area contributed by atoms with E-state index in [0.29, 0.717) is 0 Å². The summed E-state index contributed by atoms with van der Waals surface area (Å²) in [5, 5.41) is 254. The van der Waals surface area contributed by atoms with Gasteiger partial charge in [0.25, 0.3) is 0 Å². The van der Waals surface area contributed by atoms with E-state index >= 15 is 0 Å². The normalized spacial score (nSPS) is 48.1. The molecule has 39 atom stereocenters. The summed E-state index contributed by atoms with van der Waals surface area (Å²) in [7, 11) is 0. The number of hydrogen-bond donors (Lipinski definition) is 25. The number of carbonyl (C=O) groups excluding carboxylic acids is 2. The van der Waals surface area contributed by atoms with Crippen molar-refractivity contribution in [2.75, 3.05) is 46.2 Å². The quantitative estimate of drug-likeness (QED) is 0.0382. The second kappa shape index (κ2) is 34.0. The lowest BCUT2D eigenvalue weighted by Crippen LogP contribution is -2.71. The molecule has 0 aliphatic carbocycles. The third kappa shape index (κ3) is 17.4. The highest BCUT2D eigenvalue weighted by atomic mass is 16.8. The molecule has 7 aliphatic heterocycles. The van der Waals surface area contributed by atoms with Crippen LogP contribution >= 0.6 is 0 Å². The van der Waals surface area contributed by atoms with Crippen LogP contribution in [-0.2, 0) is 75.9 Å². The van der Waals surface area contributed by atoms with E-state index in [1.807, 2.05) is 0 Å². The van der Waals surface area contributed by atoms with Crippen molar-refractivity contribution >= 4 is 11.8 Å². The van der Waals surface area contributed by atoms with Crippen LogP contribution in [0.15, 0.2) is 0 Å². The van der Waals surface area contributed by atoms with E-state index in [1.165, 1.54) is 13.8 Å². The minimum absolute atomic E-state index is 0.928. The molecular weight excluding hydrogens is 1280 g/mol. The van der Waals surface area contributed by atoms with Gasteiger partial charge in [-0.3, -0.25) is 9.59 Å². The van der Waals surface area contributed by atoms with Crippen LogP contribution in [0.2, 0.25) is 0 Å². The molecule has 0 aromatic rings. The summed E-state index contributed by atoms with van der Waals surface area (Å²) >= 11 is 0. The molecule has 0 aromatic heterocycles. The molecule has 7 aliphatic rings. The van der Waals surface area contributed by atoms with Crippen molar-refractivity contribution < 1.29 is 193 Å². The SMILES string of the molecule is CC(=O)N[C@H]1[C@H](OC[C@H]2O[C@@H](O[C@@H]([C@H](O)[C@@H](O)CO)[C@H](O)CO)[C@H](O)[C@@H](O[C@@H]3O[C@H](CO)[C@@H](O[C@@H]4O[C@H](CO)[C@H](O)[C@H](O)[C@H]4O)[C@H](O[C@@H]4O[C@@H](C)[C@@H](O)[C@@H](O)[C@@H]4O)[C@H]3NC(C)=O)[C@H]2O)O[C@H](CO)[C@@H](O[C@@H]2O[C@H](CO)[C@H](O)[C@H](O)[C@H]2O)[C@@H]1O[C@@H]1O[C@@H](C)[C@@H](O)[C@@H](O)[C@@H]1O. The Hall–Kier alpha value is -2.54. The molecule has 0 spiro atoms. The smallest absolute Gasteiger partial charge is 0.217 e. The molecule has 7 fully saturated rings. The average molecular weight is 1370 g/mol. The van der Waals surface area contributed by atoms with E-state index in [2.05, 4.69) is 10.6 Å². The number of carbonyl (C=O) groups is 2. The monoisotopic (exact) mass is 1370 g/mol. The largest absolute Gasteiger partial charge is 0.394 e. The zero-order valence-electron chi connectivity index (χ0n) is 50.3. The molecule has 0 unspecified atom stereocenters. The molecule has 0 radical (unpaired) electrons. The molecule has 41 nitrogen and oxygen atoms in total. The summed E-state index contributed by atoms with van der Waals surface area (Å²) in [5.41, 5.74) is 0. The van der Waals surface area contributed by atoms with Gasteiger partial charge in [-0.25, -0.2) is 0 Å². The molecule has 0 saturated carbocycles. The Morgan fingerprint density at radius 2 is 0.710 bits per heavy atom. The molecule has 542 valence electrons. The van der Waals surface area contributed by atoms with Gasteiger partial charge in [-0.15, -0.1) is 0 Å². The first-order chi connectivity index (χ1) is 43.9. The van der Waals surface area contributed by atoms with Crippen molar-refractivity contribution in [2.45, 2.75) is 267 Å². The molecule has 7 rings (SSSR count). The van der Waals surface area contributed by atoms with Gasteiger partial charge in [0.05, 0.1) is 58.5 Å². The average Bonchev–Trinajstić information content (AvgIpc) is 0.808. The van der Waals surface area contributed by atoms with Crippen LogP contribution in [0.3, 0.4) is 0 Å². The van der Waals surface area contributed by atoms with E-state index in [0.717, 1.165) is 13.8 Å². The minimum atomic E-state index is -2.49. The van der Waals surface area contributed by atoms with Gasteiger partial charge in [0, 0.05) is 13.8 Å². The standard InChI is InChI=1S/C52H90N2O39/c1-12-25(65)31(71)35(75)48(81-12)91-43-23(53-14(3)61)46(85-20(9-59)41(43)89-50-37(77)33(73)28(68)18(7-57)83-50)80-11-22-30(70)45(39(79)52(87-22)88-40(17(64)6-56)27(67)16(63)5-55)93-47-24(54-15(4)62)44(92-49-36(76)32(72)26(66)13(2)82-49)42(21(10-60)86-47)90-51-38(78)34(74)29(69)19(8-58)84-51/h12-13,16-52,55-60,63-79H,5-11H2,1-4H3,(H,53,61)(H,54,62)/t12-,13-,16-,17+,18+,19+,20+,21+,22+,23+,24+,25+,26+,27+,28-,29-,30-,31+,32+,33-,34-,35-,36-,37+,38+,39+,40+,41+,42+,43+,44+,45-,46+,47-,48-,49-,50-,51-,52-/m0/s1. The van der Waals surface area contributed by atoms with E-state index in [1.54, 1.807) is 0 Å². The Labute approximate surface area is 528 Å². The van der Waals surface area contributed by atoms with E-state index in [-0.39, 0.29) is 0 Å². The molecule has 0 bridgehead atoms. The number of amides is 2. The number of nitrogens with one attached hydrogen (secondary N) is 2. The molecular formula is C52H90N2O39. The predicted molar refractivity (Wildman–Crippen MR) is 287 cm³/mol. The molecule has 41 heteroatoms. The predicted octanol–water partition coefficient (Wildman–Crippen LogP) is -16.5. The van der Waals surface area contributed by atoms with Crippen LogP contribution in [0.4, 0.5) is 0 Å². The zero-order valence-corrected chi connectivity index (χ0v) is 50.3. The van der Waals surface area contributed by atoms with Gasteiger partial charge in [-0.1, -0.05) is 0 Å². The van der Waals surface area contributed by atoms with Crippen molar-refractivity contribution in [1.82, 2.24) is 10.6 Å². The Morgan fingerprint density at radius 3 is 1.11 bits per heavy atom. The van der Waals surface area contributed by atoms with Crippen molar-refractivity contribution in [3.63, 3.8) is 0 Å². The third-order valence-electron chi connectivity index (χ3n) is 17.0. The molecule has 2 amide bonds. The van der Waals surface area contributed by atoms with Gasteiger partial charge < -0.3 is 194 Å². The Balaban J connectivity index is 1.28. The molecule has 7 heterocycles. The topological polar surface area (TPSA) is 653 Å². The highest BCUT2D eigenvalue weighted by molar-refractivity contribution is 5.73. The lowest BCUT2D eigenvalue weighted by Gasteiger charge is -2.52. The van der Waals surface area contributed by atoms with Crippen LogP contribution < -0.4 is 10.6 Å². The molecule has 7 saturated heterocycles. The first kappa shape index (κ1) is 77.8. The van der Waals surface area contributed by atoms with Gasteiger partial charge in [-0.05, 0) is 13.8 Å². The third-order valence-corrected chi connectivity index (χ3v) is 17.0. The van der Waals surface area contributed by atoms with Crippen LogP contribution in [0.25, 0.3) is 0 Å². The summed E-state index contributed by atoms with van der Waals surface area (Å²) < 4.78 is 83.4. The fourth-order valence-electron chi connectivity index (χ4n) is 11.7. The van der Waals surface area contributed by atoms with Crippen molar-refractivity contribution in [3.05, 3.63) is 0 Å². The first-order valence-electron chi connectivity index (χ1n) is 29.8. The summed E-state index contributed by atoms with van der Waals surface area (Å²) in [5.74, 6) is -1.91. The fourth-order valence-corrected chi connectivity index (χ4v) is 11.7. The van der Waals surface area contributed by atoms with Gasteiger partial charge in [0.15, 0.2) is 44.0 Å². The summed E-state index contributed by atoms with van der Waals surface area (Å²) in [6, 6.07) is -3.85. The highest BCUT2D eigenvalue weighted by Gasteiger charge is 2.60. The Kier molecular flexibility index (Phi) is 28.5. The van der Waals surface area contributed by atoms with Crippen molar-refractivity contribution in [3.8, 4) is 0 Å². The van der Waals surface area contributed by atoms with Gasteiger partial charge in [0.1, 0.15) is 183 Å². The van der Waals surface area contributed by atoms with Gasteiger partial charge >= 0.3 is 0 Å². The zero-order chi connectivity index (χ0) is 68.9. The van der Waals surface area contributed by atoms with Gasteiger partial charge in [-0.2, -0.15) is 0 Å². The van der Waals surface area contributed by atoms with Gasteiger partial charge in [0.2, 0.25) is 11.8 Å². The van der Waals surface area contributed by atoms with Crippen LogP contribution in [0.1, 0.15) is 27.7 Å². The Bertz CT molecular complexity index is 2290. The second-order valence-corrected chi connectivity index (χ2v) is 23.6. The van der Waals surface area contributed by atoms with E-state index in [9.17, 15) is 127 Å². The number of ether oxygens (including phenoxy) is 14. The molecule has 93 heavy (non-hydrogen) atoms. The van der Waals surface area contributed by atoms with Crippen LogP contribution in [-0.4, -0.2) is 415 Å². The first-order valence-corrected chi connectivity index (χ1v) is 29.8. The number of hydrogen-bond acceptors (Lipinski definition) is 39. The van der Waals surface area contributed by atoms with Crippen molar-refractivity contribution in [1.29, 1.82) is 0 Å². The summed E-state index contributed by atoms with van der Waals surface area (Å²) in [6.07, 6.45) is -74.6. The van der Waals surface area contributed by atoms with E-state index < -0.39 is 297 Å². The van der Waals surface area contributed by atoms with Crippen LogP contribution in [0.5, 0.6) is 0 Å². The summed E-state index contributed by atoms with van der Waals surface area (Å²) in [6.45, 7) is -3.40. The maximum absolute atomic E-state index is 13.3.